The van der Waals surface area contributed by atoms with Gasteiger partial charge in [0.1, 0.15) is 11.8 Å². The van der Waals surface area contributed by atoms with Gasteiger partial charge in [0.15, 0.2) is 5.69 Å². The maximum atomic E-state index is 11.7. The number of hydrogen-bond acceptors (Lipinski definition) is 5. The van der Waals surface area contributed by atoms with Gasteiger partial charge in [-0.2, -0.15) is 10.4 Å². The lowest BCUT2D eigenvalue weighted by molar-refractivity contribution is 0.0519. The second-order valence-electron chi connectivity index (χ2n) is 5.68. The number of ether oxygens (including phenoxy) is 2. The Hall–Kier alpha value is -2.81. The predicted octanol–water partition coefficient (Wildman–Crippen LogP) is 3.24. The summed E-state index contributed by atoms with van der Waals surface area (Å²) in [6, 6.07) is 9.09. The van der Waals surface area contributed by atoms with E-state index >= 15 is 0 Å². The fourth-order valence-electron chi connectivity index (χ4n) is 2.82. The average Bonchev–Trinajstić information content (AvgIpc) is 3.27. The molecular formula is C18H19N3O3. The molecule has 1 aliphatic carbocycles. The van der Waals surface area contributed by atoms with Crippen molar-refractivity contribution >= 4 is 5.97 Å². The Labute approximate surface area is 140 Å². The highest BCUT2D eigenvalue weighted by Crippen LogP contribution is 2.27. The molecule has 0 radical (unpaired) electrons. The number of carbonyl (C=O) groups is 1. The number of benzene rings is 1. The first-order valence-corrected chi connectivity index (χ1v) is 8.15. The second kappa shape index (κ2) is 7.18. The Morgan fingerprint density at radius 3 is 2.88 bits per heavy atom. The second-order valence-corrected chi connectivity index (χ2v) is 5.68. The Morgan fingerprint density at radius 1 is 1.38 bits per heavy atom. The minimum Gasteiger partial charge on any atom is -0.489 e. The molecule has 1 heterocycles. The molecule has 24 heavy (non-hydrogen) atoms. The summed E-state index contributed by atoms with van der Waals surface area (Å²) in [6.07, 6.45) is 6.29. The van der Waals surface area contributed by atoms with Crippen LogP contribution in [0, 0.1) is 11.3 Å². The smallest absolute Gasteiger partial charge is 0.358 e. The zero-order valence-electron chi connectivity index (χ0n) is 13.6. The van der Waals surface area contributed by atoms with Crippen LogP contribution in [-0.4, -0.2) is 28.5 Å². The Balaban J connectivity index is 1.81. The van der Waals surface area contributed by atoms with Crippen LogP contribution in [0.5, 0.6) is 5.75 Å². The van der Waals surface area contributed by atoms with E-state index in [4.69, 9.17) is 9.47 Å². The molecule has 0 aliphatic heterocycles. The van der Waals surface area contributed by atoms with E-state index in [0.29, 0.717) is 23.6 Å². The highest BCUT2D eigenvalue weighted by molar-refractivity contribution is 5.87. The lowest BCUT2D eigenvalue weighted by Gasteiger charge is -2.14. The molecule has 0 saturated heterocycles. The summed E-state index contributed by atoms with van der Waals surface area (Å²) < 4.78 is 12.4. The van der Waals surface area contributed by atoms with Crippen molar-refractivity contribution in [1.29, 1.82) is 5.26 Å². The molecule has 6 nitrogen and oxygen atoms in total. The van der Waals surface area contributed by atoms with Crippen molar-refractivity contribution in [1.82, 2.24) is 9.78 Å². The molecule has 6 heteroatoms. The van der Waals surface area contributed by atoms with Crippen molar-refractivity contribution < 1.29 is 14.3 Å². The molecular weight excluding hydrogens is 306 g/mol. The standard InChI is InChI=1S/C18H19N3O3/c1-2-23-18(22)16-9-10-21(20-16)14-7-8-17(13(11-14)12-19)24-15-5-3-4-6-15/h7-11,15H,2-6H2,1H3. The van der Waals surface area contributed by atoms with E-state index < -0.39 is 5.97 Å². The minimum absolute atomic E-state index is 0.197. The van der Waals surface area contributed by atoms with Crippen LogP contribution in [0.1, 0.15) is 48.7 Å². The number of rotatable bonds is 5. The molecule has 1 aromatic carbocycles. The summed E-state index contributed by atoms with van der Waals surface area (Å²) in [5.74, 6) is 0.142. The largest absolute Gasteiger partial charge is 0.489 e. The maximum Gasteiger partial charge on any atom is 0.358 e. The SMILES string of the molecule is CCOC(=O)c1ccn(-c2ccc(OC3CCCC3)c(C#N)c2)n1. The van der Waals surface area contributed by atoms with Crippen molar-refractivity contribution in [2.24, 2.45) is 0 Å². The van der Waals surface area contributed by atoms with E-state index in [9.17, 15) is 10.1 Å². The van der Waals surface area contributed by atoms with E-state index in [1.165, 1.54) is 12.8 Å². The van der Waals surface area contributed by atoms with Gasteiger partial charge in [0.2, 0.25) is 0 Å². The minimum atomic E-state index is -0.460. The van der Waals surface area contributed by atoms with Crippen LogP contribution < -0.4 is 4.74 Å². The molecule has 0 bridgehead atoms. The summed E-state index contributed by atoms with van der Waals surface area (Å²) in [7, 11) is 0. The third-order valence-electron chi connectivity index (χ3n) is 4.02. The monoisotopic (exact) mass is 325 g/mol. The van der Waals surface area contributed by atoms with Gasteiger partial charge in [-0.3, -0.25) is 0 Å². The Morgan fingerprint density at radius 2 is 2.17 bits per heavy atom. The predicted molar refractivity (Wildman–Crippen MR) is 87.1 cm³/mol. The third-order valence-corrected chi connectivity index (χ3v) is 4.02. The van der Waals surface area contributed by atoms with Gasteiger partial charge in [-0.1, -0.05) is 0 Å². The van der Waals surface area contributed by atoms with Gasteiger partial charge >= 0.3 is 5.97 Å². The van der Waals surface area contributed by atoms with Gasteiger partial charge in [0.25, 0.3) is 0 Å². The highest BCUT2D eigenvalue weighted by Gasteiger charge is 2.18. The van der Waals surface area contributed by atoms with E-state index in [1.807, 2.05) is 6.07 Å². The van der Waals surface area contributed by atoms with Crippen LogP contribution in [0.4, 0.5) is 0 Å². The summed E-state index contributed by atoms with van der Waals surface area (Å²) in [4.78, 5) is 11.7. The van der Waals surface area contributed by atoms with Gasteiger partial charge in [0.05, 0.1) is 24.0 Å². The number of nitriles is 1. The number of aromatic nitrogens is 2. The summed E-state index contributed by atoms with van der Waals surface area (Å²) >= 11 is 0. The van der Waals surface area contributed by atoms with Crippen molar-refractivity contribution in [2.45, 2.75) is 38.7 Å². The van der Waals surface area contributed by atoms with Gasteiger partial charge in [-0.25, -0.2) is 9.48 Å². The van der Waals surface area contributed by atoms with E-state index in [1.54, 1.807) is 36.0 Å². The fraction of sp³-hybridized carbons (Fsp3) is 0.389. The first-order chi connectivity index (χ1) is 11.7. The third kappa shape index (κ3) is 3.40. The van der Waals surface area contributed by atoms with Crippen molar-refractivity contribution in [2.75, 3.05) is 6.61 Å². The van der Waals surface area contributed by atoms with E-state index in [-0.39, 0.29) is 11.8 Å². The van der Waals surface area contributed by atoms with Gasteiger partial charge < -0.3 is 9.47 Å². The van der Waals surface area contributed by atoms with Crippen LogP contribution in [0.3, 0.4) is 0 Å². The molecule has 1 aromatic heterocycles. The number of nitrogens with zero attached hydrogens (tertiary/aromatic N) is 3. The molecule has 0 spiro atoms. The van der Waals surface area contributed by atoms with Gasteiger partial charge in [-0.05, 0) is 56.9 Å². The molecule has 124 valence electrons. The van der Waals surface area contributed by atoms with E-state index in [2.05, 4.69) is 11.2 Å². The van der Waals surface area contributed by atoms with Crippen LogP contribution in [0.15, 0.2) is 30.5 Å². The first kappa shape index (κ1) is 16.1. The fourth-order valence-corrected chi connectivity index (χ4v) is 2.82. The number of esters is 1. The van der Waals surface area contributed by atoms with Crippen LogP contribution >= 0.6 is 0 Å². The Bertz CT molecular complexity index is 770. The number of carbonyl (C=O) groups excluding carboxylic acids is 1. The van der Waals surface area contributed by atoms with Gasteiger partial charge in [-0.15, -0.1) is 0 Å². The lowest BCUT2D eigenvalue weighted by Crippen LogP contribution is -2.12. The summed E-state index contributed by atoms with van der Waals surface area (Å²) in [5.41, 5.74) is 1.40. The van der Waals surface area contributed by atoms with Crippen LogP contribution in [0.2, 0.25) is 0 Å². The van der Waals surface area contributed by atoms with Gasteiger partial charge in [0, 0.05) is 6.20 Å². The van der Waals surface area contributed by atoms with Crippen LogP contribution in [0.25, 0.3) is 5.69 Å². The maximum absolute atomic E-state index is 11.7. The quantitative estimate of drug-likeness (QED) is 0.789. The molecule has 0 amide bonds. The molecule has 0 unspecified atom stereocenters. The molecule has 1 aliphatic rings. The summed E-state index contributed by atoms with van der Waals surface area (Å²) in [5, 5.41) is 13.6. The molecule has 1 saturated carbocycles. The highest BCUT2D eigenvalue weighted by atomic mass is 16.5. The number of hydrogen-bond donors (Lipinski definition) is 0. The normalized spacial score (nSPS) is 14.3. The van der Waals surface area contributed by atoms with Crippen molar-refractivity contribution in [3.63, 3.8) is 0 Å². The lowest BCUT2D eigenvalue weighted by atomic mass is 10.2. The van der Waals surface area contributed by atoms with Crippen molar-refractivity contribution in [3.05, 3.63) is 41.7 Å². The summed E-state index contributed by atoms with van der Waals surface area (Å²) in [6.45, 7) is 2.05. The zero-order chi connectivity index (χ0) is 16.9. The molecule has 3 rings (SSSR count). The van der Waals surface area contributed by atoms with E-state index in [0.717, 1.165) is 12.8 Å². The topological polar surface area (TPSA) is 77.1 Å². The molecule has 1 fully saturated rings. The molecule has 2 aromatic rings. The molecule has 0 N–H and O–H groups in total. The van der Waals surface area contributed by atoms with Crippen molar-refractivity contribution in [3.8, 4) is 17.5 Å². The zero-order valence-corrected chi connectivity index (χ0v) is 13.6. The van der Waals surface area contributed by atoms with Crippen LogP contribution in [-0.2, 0) is 4.74 Å². The average molecular weight is 325 g/mol. The first-order valence-electron chi connectivity index (χ1n) is 8.15. The Kier molecular flexibility index (Phi) is 4.80. The molecule has 0 atom stereocenters.